The predicted octanol–water partition coefficient (Wildman–Crippen LogP) is 0.322. The number of aliphatic hydroxyl groups excluding tert-OH is 2. The van der Waals surface area contributed by atoms with E-state index in [4.69, 9.17) is 9.47 Å². The molecule has 1 saturated carbocycles. The molecule has 0 spiro atoms. The van der Waals surface area contributed by atoms with Gasteiger partial charge in [0.25, 0.3) is 0 Å². The molecule has 8 nitrogen and oxygen atoms in total. The lowest BCUT2D eigenvalue weighted by molar-refractivity contribution is -0.128. The zero-order chi connectivity index (χ0) is 17.7. The van der Waals surface area contributed by atoms with Crippen LogP contribution in [-0.2, 0) is 9.53 Å². The molecule has 1 unspecified atom stereocenters. The molecule has 1 aromatic heterocycles. The van der Waals surface area contributed by atoms with Gasteiger partial charge in [0.15, 0.2) is 0 Å². The Kier molecular flexibility index (Phi) is 7.57. The predicted molar refractivity (Wildman–Crippen MR) is 95.0 cm³/mol. The molecular weight excluding hydrogens is 362 g/mol. The summed E-state index contributed by atoms with van der Waals surface area (Å²) >= 11 is 0. The van der Waals surface area contributed by atoms with E-state index in [-0.39, 0.29) is 30.8 Å². The van der Waals surface area contributed by atoms with E-state index < -0.39 is 17.6 Å². The summed E-state index contributed by atoms with van der Waals surface area (Å²) in [6.07, 6.45) is 5.14. The van der Waals surface area contributed by atoms with Crippen molar-refractivity contribution in [3.63, 3.8) is 0 Å². The highest BCUT2D eigenvalue weighted by molar-refractivity contribution is 5.85. The Balaban J connectivity index is 0.00000243. The number of nitrogens with zero attached hydrogens (tertiary/aromatic N) is 2. The maximum Gasteiger partial charge on any atom is 0.232 e. The van der Waals surface area contributed by atoms with E-state index >= 15 is 0 Å². The second kappa shape index (κ2) is 9.45. The lowest BCUT2D eigenvalue weighted by atomic mass is 9.86. The van der Waals surface area contributed by atoms with Crippen LogP contribution >= 0.6 is 12.4 Å². The third-order valence-electron chi connectivity index (χ3n) is 5.02. The SMILES string of the molecule is Cl.O=C(NCC1(COc2cnccn2)C[C@@H](O)[C@@H](O)C1)C1CCOCC1. The molecule has 1 aromatic rings. The van der Waals surface area contributed by atoms with Gasteiger partial charge in [-0.2, -0.15) is 0 Å². The van der Waals surface area contributed by atoms with Crippen molar-refractivity contribution in [2.75, 3.05) is 26.4 Å². The lowest BCUT2D eigenvalue weighted by Crippen LogP contribution is -2.43. The Hall–Kier alpha value is -1.48. The van der Waals surface area contributed by atoms with Crippen LogP contribution in [0.25, 0.3) is 0 Å². The molecule has 0 bridgehead atoms. The fraction of sp³-hybridized carbons (Fsp3) is 0.706. The third kappa shape index (κ3) is 5.26. The van der Waals surface area contributed by atoms with E-state index in [1.54, 1.807) is 6.20 Å². The number of hydrogen-bond acceptors (Lipinski definition) is 7. The molecule has 3 atom stereocenters. The highest BCUT2D eigenvalue weighted by Gasteiger charge is 2.45. The first-order valence-corrected chi connectivity index (χ1v) is 8.68. The topological polar surface area (TPSA) is 114 Å². The van der Waals surface area contributed by atoms with Crippen LogP contribution in [0.4, 0.5) is 0 Å². The average molecular weight is 388 g/mol. The van der Waals surface area contributed by atoms with E-state index in [0.717, 1.165) is 12.8 Å². The fourth-order valence-electron chi connectivity index (χ4n) is 3.52. The summed E-state index contributed by atoms with van der Waals surface area (Å²) in [5, 5.41) is 22.9. The lowest BCUT2D eigenvalue weighted by Gasteiger charge is -2.30. The molecule has 0 aromatic carbocycles. The van der Waals surface area contributed by atoms with Gasteiger partial charge in [-0.05, 0) is 25.7 Å². The summed E-state index contributed by atoms with van der Waals surface area (Å²) in [5.41, 5.74) is -0.531. The molecule has 1 aliphatic heterocycles. The molecule has 2 aliphatic rings. The van der Waals surface area contributed by atoms with Crippen LogP contribution in [0.15, 0.2) is 18.6 Å². The van der Waals surface area contributed by atoms with Crippen LogP contribution in [0.5, 0.6) is 5.88 Å². The molecule has 26 heavy (non-hydrogen) atoms. The Morgan fingerprint density at radius 2 is 1.96 bits per heavy atom. The summed E-state index contributed by atoms with van der Waals surface area (Å²) in [5.74, 6) is 0.342. The summed E-state index contributed by atoms with van der Waals surface area (Å²) < 4.78 is 11.0. The van der Waals surface area contributed by atoms with Gasteiger partial charge in [0.1, 0.15) is 0 Å². The zero-order valence-electron chi connectivity index (χ0n) is 14.5. The minimum absolute atomic E-state index is 0. The van der Waals surface area contributed by atoms with Gasteiger partial charge in [0.05, 0.1) is 25.0 Å². The standard InChI is InChI=1S/C17H25N3O5.ClH/c21-13-7-17(8-14(13)22,11-25-15-9-18-3-4-19-15)10-20-16(23)12-1-5-24-6-2-12;/h3-4,9,12-14,21-22H,1-2,5-8,10-11H2,(H,20,23);1H/t13-,14+,17?;. The van der Waals surface area contributed by atoms with Gasteiger partial charge < -0.3 is 25.0 Å². The highest BCUT2D eigenvalue weighted by atomic mass is 35.5. The summed E-state index contributed by atoms with van der Waals surface area (Å²) in [6.45, 7) is 1.80. The molecule has 1 amide bonds. The van der Waals surface area contributed by atoms with Crippen LogP contribution in [-0.4, -0.2) is 64.7 Å². The van der Waals surface area contributed by atoms with Crippen LogP contribution in [0.3, 0.4) is 0 Å². The second-order valence-corrected chi connectivity index (χ2v) is 6.98. The largest absolute Gasteiger partial charge is 0.476 e. The van der Waals surface area contributed by atoms with Gasteiger partial charge in [-0.25, -0.2) is 4.98 Å². The maximum absolute atomic E-state index is 12.4. The quantitative estimate of drug-likeness (QED) is 0.644. The van der Waals surface area contributed by atoms with Gasteiger partial charge in [-0.15, -0.1) is 12.4 Å². The van der Waals surface area contributed by atoms with Crippen LogP contribution in [0, 0.1) is 11.3 Å². The number of aliphatic hydroxyl groups is 2. The monoisotopic (exact) mass is 387 g/mol. The highest BCUT2D eigenvalue weighted by Crippen LogP contribution is 2.38. The number of carbonyl (C=O) groups is 1. The Morgan fingerprint density at radius 3 is 2.58 bits per heavy atom. The molecule has 1 aliphatic carbocycles. The van der Waals surface area contributed by atoms with Crippen LogP contribution in [0.1, 0.15) is 25.7 Å². The molecule has 146 valence electrons. The van der Waals surface area contributed by atoms with Gasteiger partial charge in [-0.3, -0.25) is 9.78 Å². The Morgan fingerprint density at radius 1 is 1.27 bits per heavy atom. The number of nitrogens with one attached hydrogen (secondary N) is 1. The smallest absolute Gasteiger partial charge is 0.232 e. The number of halogens is 1. The summed E-state index contributed by atoms with van der Waals surface area (Å²) in [6, 6.07) is 0. The van der Waals surface area contributed by atoms with E-state index in [9.17, 15) is 15.0 Å². The van der Waals surface area contributed by atoms with E-state index in [1.807, 2.05) is 0 Å². The molecular formula is C17H26ClN3O5. The number of rotatable bonds is 6. The molecule has 2 heterocycles. The average Bonchev–Trinajstić information content (AvgIpc) is 2.94. The van der Waals surface area contributed by atoms with E-state index in [2.05, 4.69) is 15.3 Å². The molecule has 3 rings (SSSR count). The van der Waals surface area contributed by atoms with Crippen molar-refractivity contribution in [2.24, 2.45) is 11.3 Å². The van der Waals surface area contributed by atoms with Crippen molar-refractivity contribution in [1.82, 2.24) is 15.3 Å². The first kappa shape index (κ1) is 20.8. The first-order chi connectivity index (χ1) is 12.1. The molecule has 3 N–H and O–H groups in total. The van der Waals surface area contributed by atoms with E-state index in [0.29, 0.717) is 38.5 Å². The van der Waals surface area contributed by atoms with Crippen LogP contribution in [0.2, 0.25) is 0 Å². The summed E-state index contributed by atoms with van der Waals surface area (Å²) in [7, 11) is 0. The number of carbonyl (C=O) groups excluding carboxylic acids is 1. The third-order valence-corrected chi connectivity index (χ3v) is 5.02. The van der Waals surface area contributed by atoms with Crippen molar-refractivity contribution in [3.05, 3.63) is 18.6 Å². The number of amides is 1. The molecule has 2 fully saturated rings. The maximum atomic E-state index is 12.4. The molecule has 0 radical (unpaired) electrons. The van der Waals surface area contributed by atoms with Gasteiger partial charge in [-0.1, -0.05) is 0 Å². The Bertz CT molecular complexity index is 561. The van der Waals surface area contributed by atoms with Crippen molar-refractivity contribution < 1.29 is 24.5 Å². The van der Waals surface area contributed by atoms with Gasteiger partial charge >= 0.3 is 0 Å². The zero-order valence-corrected chi connectivity index (χ0v) is 15.4. The van der Waals surface area contributed by atoms with Crippen molar-refractivity contribution >= 4 is 18.3 Å². The first-order valence-electron chi connectivity index (χ1n) is 8.68. The molecule has 1 saturated heterocycles. The number of ether oxygens (including phenoxy) is 2. The minimum Gasteiger partial charge on any atom is -0.476 e. The Labute approximate surface area is 158 Å². The van der Waals surface area contributed by atoms with Gasteiger partial charge in [0, 0.05) is 43.5 Å². The van der Waals surface area contributed by atoms with E-state index in [1.165, 1.54) is 12.4 Å². The summed E-state index contributed by atoms with van der Waals surface area (Å²) in [4.78, 5) is 20.4. The normalized spacial score (nSPS) is 29.0. The fourth-order valence-corrected chi connectivity index (χ4v) is 3.52. The second-order valence-electron chi connectivity index (χ2n) is 6.98. The van der Waals surface area contributed by atoms with Gasteiger partial charge in [0.2, 0.25) is 11.8 Å². The van der Waals surface area contributed by atoms with Crippen LogP contribution < -0.4 is 10.1 Å². The molecule has 9 heteroatoms. The van der Waals surface area contributed by atoms with Crippen molar-refractivity contribution in [2.45, 2.75) is 37.9 Å². The number of hydrogen-bond donors (Lipinski definition) is 3. The minimum atomic E-state index is -0.814. The van der Waals surface area contributed by atoms with Crippen molar-refractivity contribution in [1.29, 1.82) is 0 Å². The number of aromatic nitrogens is 2. The van der Waals surface area contributed by atoms with Crippen molar-refractivity contribution in [3.8, 4) is 5.88 Å².